The first kappa shape index (κ1) is 12.7. The van der Waals surface area contributed by atoms with Crippen LogP contribution in [0.3, 0.4) is 0 Å². The number of nitrogen functional groups attached to an aromatic ring is 1. The van der Waals surface area contributed by atoms with Crippen molar-refractivity contribution in [2.75, 3.05) is 29.0 Å². The van der Waals surface area contributed by atoms with Gasteiger partial charge in [0.05, 0.1) is 11.9 Å². The van der Waals surface area contributed by atoms with Crippen molar-refractivity contribution in [1.82, 2.24) is 9.97 Å². The second kappa shape index (κ2) is 5.77. The van der Waals surface area contributed by atoms with Crippen molar-refractivity contribution in [3.8, 4) is 0 Å². The van der Waals surface area contributed by atoms with Gasteiger partial charge in [-0.3, -0.25) is 0 Å². The van der Waals surface area contributed by atoms with E-state index in [0.29, 0.717) is 11.5 Å². The molecule has 1 aromatic carbocycles. The van der Waals surface area contributed by atoms with Crippen LogP contribution in [0.5, 0.6) is 0 Å². The molecule has 2 aromatic rings. The lowest BCUT2D eigenvalue weighted by atomic mass is 10.1. The van der Waals surface area contributed by atoms with E-state index in [9.17, 15) is 0 Å². The van der Waals surface area contributed by atoms with Gasteiger partial charge in [0.2, 0.25) is 0 Å². The van der Waals surface area contributed by atoms with Crippen molar-refractivity contribution in [1.29, 1.82) is 0 Å². The minimum absolute atomic E-state index is 0.549. The van der Waals surface area contributed by atoms with Gasteiger partial charge in [-0.2, -0.15) is 0 Å². The summed E-state index contributed by atoms with van der Waals surface area (Å²) < 4.78 is 0. The molecule has 5 heteroatoms. The van der Waals surface area contributed by atoms with Crippen molar-refractivity contribution < 1.29 is 0 Å². The van der Waals surface area contributed by atoms with Crippen LogP contribution in [0.2, 0.25) is 0 Å². The first-order valence-corrected chi connectivity index (χ1v) is 7.00. The third kappa shape index (κ3) is 2.82. The molecule has 20 heavy (non-hydrogen) atoms. The summed E-state index contributed by atoms with van der Waals surface area (Å²) in [5.74, 6) is 0.644. The molecule has 1 aromatic heterocycles. The van der Waals surface area contributed by atoms with Crippen LogP contribution >= 0.6 is 0 Å². The molecule has 1 saturated heterocycles. The highest BCUT2D eigenvalue weighted by Crippen LogP contribution is 2.24. The SMILES string of the molecule is Nc1cncnc1Nc1ccc(N2CCCCC2)cc1. The fourth-order valence-electron chi connectivity index (χ4n) is 2.49. The molecule has 0 bridgehead atoms. The average Bonchev–Trinajstić information content (AvgIpc) is 2.51. The predicted molar refractivity (Wildman–Crippen MR) is 82.2 cm³/mol. The maximum Gasteiger partial charge on any atom is 0.157 e. The average molecular weight is 269 g/mol. The Morgan fingerprint density at radius 2 is 1.80 bits per heavy atom. The van der Waals surface area contributed by atoms with Crippen LogP contribution in [0.1, 0.15) is 19.3 Å². The smallest absolute Gasteiger partial charge is 0.157 e. The molecule has 0 radical (unpaired) electrons. The monoisotopic (exact) mass is 269 g/mol. The van der Waals surface area contributed by atoms with Crippen LogP contribution in [0.4, 0.5) is 22.9 Å². The summed E-state index contributed by atoms with van der Waals surface area (Å²) in [7, 11) is 0. The quantitative estimate of drug-likeness (QED) is 0.896. The Bertz CT molecular complexity index is 561. The van der Waals surface area contributed by atoms with Crippen molar-refractivity contribution in [2.24, 2.45) is 0 Å². The largest absolute Gasteiger partial charge is 0.394 e. The van der Waals surface area contributed by atoms with Crippen LogP contribution in [0.25, 0.3) is 0 Å². The predicted octanol–water partition coefficient (Wildman–Crippen LogP) is 2.79. The van der Waals surface area contributed by atoms with Crippen LogP contribution in [0.15, 0.2) is 36.8 Å². The maximum absolute atomic E-state index is 5.82. The number of nitrogens with zero attached hydrogens (tertiary/aromatic N) is 3. The Labute approximate surface area is 118 Å². The summed E-state index contributed by atoms with van der Waals surface area (Å²) in [6.45, 7) is 2.32. The Morgan fingerprint density at radius 1 is 1.05 bits per heavy atom. The van der Waals surface area contributed by atoms with Crippen molar-refractivity contribution in [3.05, 3.63) is 36.8 Å². The van der Waals surface area contributed by atoms with Crippen LogP contribution in [-0.4, -0.2) is 23.1 Å². The fraction of sp³-hybridized carbons (Fsp3) is 0.333. The zero-order valence-corrected chi connectivity index (χ0v) is 11.4. The summed E-state index contributed by atoms with van der Waals surface area (Å²) in [6.07, 6.45) is 7.01. The van der Waals surface area contributed by atoms with E-state index in [0.717, 1.165) is 18.8 Å². The summed E-state index contributed by atoms with van der Waals surface area (Å²) in [5.41, 5.74) is 8.63. The molecule has 0 amide bonds. The van der Waals surface area contributed by atoms with E-state index >= 15 is 0 Å². The Hall–Kier alpha value is -2.30. The molecular formula is C15H19N5. The molecule has 0 atom stereocenters. The minimum Gasteiger partial charge on any atom is -0.394 e. The molecule has 5 nitrogen and oxygen atoms in total. The highest BCUT2D eigenvalue weighted by atomic mass is 15.1. The number of nitrogens with two attached hydrogens (primary N) is 1. The molecule has 1 aliphatic heterocycles. The number of aromatic nitrogens is 2. The van der Waals surface area contributed by atoms with Gasteiger partial charge in [0.25, 0.3) is 0 Å². The highest BCUT2D eigenvalue weighted by molar-refractivity contribution is 5.68. The van der Waals surface area contributed by atoms with Crippen molar-refractivity contribution in [2.45, 2.75) is 19.3 Å². The number of anilines is 4. The summed E-state index contributed by atoms with van der Waals surface area (Å²) in [5, 5.41) is 3.21. The topological polar surface area (TPSA) is 67.1 Å². The van der Waals surface area contributed by atoms with E-state index in [1.165, 1.54) is 31.3 Å². The van der Waals surface area contributed by atoms with E-state index in [-0.39, 0.29) is 0 Å². The zero-order valence-electron chi connectivity index (χ0n) is 11.4. The Morgan fingerprint density at radius 3 is 2.50 bits per heavy atom. The maximum atomic E-state index is 5.82. The first-order valence-electron chi connectivity index (χ1n) is 7.00. The summed E-state index contributed by atoms with van der Waals surface area (Å²) in [6, 6.07) is 8.41. The summed E-state index contributed by atoms with van der Waals surface area (Å²) in [4.78, 5) is 10.4. The standard InChI is InChI=1S/C15H19N5/c16-14-10-17-11-18-15(14)19-12-4-6-13(7-5-12)20-8-2-1-3-9-20/h4-7,10-11H,1-3,8-9,16H2,(H,17,18,19). The number of rotatable bonds is 3. The Kier molecular flexibility index (Phi) is 3.67. The Balaban J connectivity index is 1.71. The minimum atomic E-state index is 0.549. The molecular weight excluding hydrogens is 250 g/mol. The van der Waals surface area contributed by atoms with E-state index in [1.54, 1.807) is 6.20 Å². The number of hydrogen-bond acceptors (Lipinski definition) is 5. The van der Waals surface area contributed by atoms with Gasteiger partial charge < -0.3 is 16.0 Å². The molecule has 1 fully saturated rings. The van der Waals surface area contributed by atoms with Crippen LogP contribution < -0.4 is 16.0 Å². The van der Waals surface area contributed by atoms with Gasteiger partial charge in [-0.25, -0.2) is 9.97 Å². The second-order valence-corrected chi connectivity index (χ2v) is 5.05. The molecule has 0 saturated carbocycles. The molecule has 2 heterocycles. The van der Waals surface area contributed by atoms with E-state index < -0.39 is 0 Å². The number of benzene rings is 1. The normalized spacial score (nSPS) is 15.1. The lowest BCUT2D eigenvalue weighted by molar-refractivity contribution is 0.578. The summed E-state index contributed by atoms with van der Waals surface area (Å²) >= 11 is 0. The fourth-order valence-corrected chi connectivity index (χ4v) is 2.49. The molecule has 0 unspecified atom stereocenters. The molecule has 1 aliphatic rings. The number of nitrogens with one attached hydrogen (secondary N) is 1. The third-order valence-corrected chi connectivity index (χ3v) is 3.59. The van der Waals surface area contributed by atoms with Gasteiger partial charge in [0.15, 0.2) is 5.82 Å². The third-order valence-electron chi connectivity index (χ3n) is 3.59. The molecule has 104 valence electrons. The van der Waals surface area contributed by atoms with Gasteiger partial charge in [-0.05, 0) is 43.5 Å². The van der Waals surface area contributed by atoms with Gasteiger partial charge in [-0.15, -0.1) is 0 Å². The van der Waals surface area contributed by atoms with E-state index in [4.69, 9.17) is 5.73 Å². The van der Waals surface area contributed by atoms with Gasteiger partial charge in [0, 0.05) is 24.5 Å². The van der Waals surface area contributed by atoms with Crippen molar-refractivity contribution in [3.63, 3.8) is 0 Å². The lowest BCUT2D eigenvalue weighted by Crippen LogP contribution is -2.29. The molecule has 3 rings (SSSR count). The van der Waals surface area contributed by atoms with Crippen LogP contribution in [-0.2, 0) is 0 Å². The number of piperidine rings is 1. The van der Waals surface area contributed by atoms with Crippen molar-refractivity contribution >= 4 is 22.9 Å². The lowest BCUT2D eigenvalue weighted by Gasteiger charge is -2.28. The van der Waals surface area contributed by atoms with E-state index in [1.807, 2.05) is 0 Å². The van der Waals surface area contributed by atoms with Crippen LogP contribution in [0, 0.1) is 0 Å². The molecule has 0 spiro atoms. The van der Waals surface area contributed by atoms with Gasteiger partial charge in [-0.1, -0.05) is 0 Å². The molecule has 0 aliphatic carbocycles. The highest BCUT2D eigenvalue weighted by Gasteiger charge is 2.10. The second-order valence-electron chi connectivity index (χ2n) is 5.05. The van der Waals surface area contributed by atoms with Gasteiger partial charge >= 0.3 is 0 Å². The van der Waals surface area contributed by atoms with Gasteiger partial charge in [0.1, 0.15) is 6.33 Å². The number of hydrogen-bond donors (Lipinski definition) is 2. The first-order chi connectivity index (χ1) is 9.83. The molecule has 3 N–H and O–H groups in total. The van der Waals surface area contributed by atoms with E-state index in [2.05, 4.69) is 44.5 Å². The zero-order chi connectivity index (χ0) is 13.8.